The van der Waals surface area contributed by atoms with Crippen LogP contribution in [0.1, 0.15) is 32.1 Å². The topological polar surface area (TPSA) is 78.9 Å². The largest absolute Gasteiger partial charge is 0.391 e. The van der Waals surface area contributed by atoms with E-state index in [0.29, 0.717) is 39.1 Å². The first-order valence-corrected chi connectivity index (χ1v) is 8.07. The zero-order chi connectivity index (χ0) is 13.0. The molecule has 2 atom stereocenters. The highest BCUT2D eigenvalue weighted by molar-refractivity contribution is 7.87. The SMILES string of the molecule is O=S(=O)(NC1CCCCCC1O)N1CCOCC1. The second-order valence-electron chi connectivity index (χ2n) is 4.95. The maximum Gasteiger partial charge on any atom is 0.279 e. The molecule has 1 saturated heterocycles. The maximum absolute atomic E-state index is 12.2. The van der Waals surface area contributed by atoms with Crippen molar-refractivity contribution in [2.75, 3.05) is 26.3 Å². The molecule has 0 amide bonds. The molecule has 1 aliphatic heterocycles. The van der Waals surface area contributed by atoms with E-state index in [9.17, 15) is 13.5 Å². The number of morpholine rings is 1. The molecule has 0 bridgehead atoms. The van der Waals surface area contributed by atoms with E-state index in [-0.39, 0.29) is 6.04 Å². The van der Waals surface area contributed by atoms with Crippen LogP contribution < -0.4 is 4.72 Å². The number of aliphatic hydroxyl groups excluding tert-OH is 1. The molecule has 1 saturated carbocycles. The van der Waals surface area contributed by atoms with Crippen molar-refractivity contribution >= 4 is 10.2 Å². The number of hydrogen-bond acceptors (Lipinski definition) is 4. The van der Waals surface area contributed by atoms with Crippen molar-refractivity contribution in [1.29, 1.82) is 0 Å². The highest BCUT2D eigenvalue weighted by Gasteiger charge is 2.30. The van der Waals surface area contributed by atoms with E-state index < -0.39 is 16.3 Å². The van der Waals surface area contributed by atoms with Gasteiger partial charge in [0.1, 0.15) is 0 Å². The summed E-state index contributed by atoms with van der Waals surface area (Å²) in [6.07, 6.45) is 3.82. The maximum atomic E-state index is 12.2. The van der Waals surface area contributed by atoms with Crippen molar-refractivity contribution in [3.8, 4) is 0 Å². The molecule has 2 aliphatic rings. The Hall–Kier alpha value is -0.210. The van der Waals surface area contributed by atoms with Crippen molar-refractivity contribution in [3.63, 3.8) is 0 Å². The second-order valence-corrected chi connectivity index (χ2v) is 6.65. The van der Waals surface area contributed by atoms with Crippen LogP contribution in [-0.4, -0.2) is 56.3 Å². The number of nitrogens with one attached hydrogen (secondary N) is 1. The average molecular weight is 278 g/mol. The van der Waals surface area contributed by atoms with Gasteiger partial charge in [0, 0.05) is 19.1 Å². The molecular formula is C11H22N2O4S. The molecule has 1 heterocycles. The van der Waals surface area contributed by atoms with Gasteiger partial charge >= 0.3 is 0 Å². The fourth-order valence-corrected chi connectivity index (χ4v) is 3.91. The van der Waals surface area contributed by atoms with Gasteiger partial charge in [0.15, 0.2) is 0 Å². The second kappa shape index (κ2) is 6.29. The molecule has 2 N–H and O–H groups in total. The van der Waals surface area contributed by atoms with Gasteiger partial charge in [0.2, 0.25) is 0 Å². The first-order chi connectivity index (χ1) is 8.59. The Morgan fingerprint density at radius 1 is 1.11 bits per heavy atom. The van der Waals surface area contributed by atoms with Crippen molar-refractivity contribution < 1.29 is 18.3 Å². The van der Waals surface area contributed by atoms with Gasteiger partial charge in [-0.1, -0.05) is 19.3 Å². The third-order valence-electron chi connectivity index (χ3n) is 3.59. The molecule has 7 heteroatoms. The van der Waals surface area contributed by atoms with Crippen LogP contribution in [0.25, 0.3) is 0 Å². The van der Waals surface area contributed by atoms with Crippen LogP contribution in [0.5, 0.6) is 0 Å². The number of nitrogens with zero attached hydrogens (tertiary/aromatic N) is 1. The molecule has 106 valence electrons. The van der Waals surface area contributed by atoms with E-state index in [0.717, 1.165) is 19.3 Å². The summed E-state index contributed by atoms with van der Waals surface area (Å²) >= 11 is 0. The lowest BCUT2D eigenvalue weighted by Crippen LogP contribution is -2.52. The molecule has 1 aliphatic carbocycles. The Labute approximate surface area is 108 Å². The van der Waals surface area contributed by atoms with Crippen molar-refractivity contribution in [3.05, 3.63) is 0 Å². The monoisotopic (exact) mass is 278 g/mol. The summed E-state index contributed by atoms with van der Waals surface area (Å²) in [7, 11) is -3.49. The molecule has 18 heavy (non-hydrogen) atoms. The van der Waals surface area contributed by atoms with E-state index in [4.69, 9.17) is 4.74 Å². The smallest absolute Gasteiger partial charge is 0.279 e. The molecule has 2 rings (SSSR count). The van der Waals surface area contributed by atoms with Crippen LogP contribution >= 0.6 is 0 Å². The Bertz CT molecular complexity index is 354. The summed E-state index contributed by atoms with van der Waals surface area (Å²) in [5, 5.41) is 9.94. The lowest BCUT2D eigenvalue weighted by Gasteiger charge is -2.29. The summed E-state index contributed by atoms with van der Waals surface area (Å²) in [4.78, 5) is 0. The summed E-state index contributed by atoms with van der Waals surface area (Å²) in [6.45, 7) is 1.65. The van der Waals surface area contributed by atoms with Gasteiger partial charge < -0.3 is 9.84 Å². The zero-order valence-corrected chi connectivity index (χ0v) is 11.4. The molecule has 0 aromatic heterocycles. The normalized spacial score (nSPS) is 32.1. The molecule has 6 nitrogen and oxygen atoms in total. The Balaban J connectivity index is 1.97. The first-order valence-electron chi connectivity index (χ1n) is 6.63. The number of hydrogen-bond donors (Lipinski definition) is 2. The van der Waals surface area contributed by atoms with Crippen LogP contribution in [0.4, 0.5) is 0 Å². The number of aliphatic hydroxyl groups is 1. The molecule has 2 fully saturated rings. The van der Waals surface area contributed by atoms with E-state index in [2.05, 4.69) is 4.72 Å². The van der Waals surface area contributed by atoms with Crippen LogP contribution in [-0.2, 0) is 14.9 Å². The van der Waals surface area contributed by atoms with E-state index in [1.54, 1.807) is 0 Å². The summed E-state index contributed by atoms with van der Waals surface area (Å²) < 4.78 is 33.5. The van der Waals surface area contributed by atoms with Crippen LogP contribution in [0, 0.1) is 0 Å². The highest BCUT2D eigenvalue weighted by Crippen LogP contribution is 2.19. The van der Waals surface area contributed by atoms with Crippen molar-refractivity contribution in [2.24, 2.45) is 0 Å². The lowest BCUT2D eigenvalue weighted by molar-refractivity contribution is 0.0712. The molecule has 0 aromatic rings. The van der Waals surface area contributed by atoms with Gasteiger partial charge in [-0.2, -0.15) is 17.4 Å². The quantitative estimate of drug-likeness (QED) is 0.704. The first kappa shape index (κ1) is 14.2. The molecule has 0 radical (unpaired) electrons. The standard InChI is InChI=1S/C11H22N2O4S/c14-11-5-3-1-2-4-10(11)12-18(15,16)13-6-8-17-9-7-13/h10-12,14H,1-9H2. The fraction of sp³-hybridized carbons (Fsp3) is 1.00. The molecule has 0 spiro atoms. The minimum Gasteiger partial charge on any atom is -0.391 e. The predicted octanol–water partition coefficient (Wildman–Crippen LogP) is -0.153. The summed E-state index contributed by atoms with van der Waals surface area (Å²) in [6, 6.07) is -0.347. The average Bonchev–Trinajstić information content (AvgIpc) is 2.56. The minimum absolute atomic E-state index is 0.347. The van der Waals surface area contributed by atoms with Gasteiger partial charge in [0.25, 0.3) is 10.2 Å². The van der Waals surface area contributed by atoms with E-state index in [1.165, 1.54) is 4.31 Å². The zero-order valence-electron chi connectivity index (χ0n) is 10.5. The molecule has 2 unspecified atom stereocenters. The third kappa shape index (κ3) is 3.64. The Kier molecular flexibility index (Phi) is 4.97. The highest BCUT2D eigenvalue weighted by atomic mass is 32.2. The van der Waals surface area contributed by atoms with Crippen LogP contribution in [0.2, 0.25) is 0 Å². The van der Waals surface area contributed by atoms with Crippen LogP contribution in [0.3, 0.4) is 0 Å². The van der Waals surface area contributed by atoms with Crippen molar-refractivity contribution in [2.45, 2.75) is 44.2 Å². The number of ether oxygens (including phenoxy) is 1. The van der Waals surface area contributed by atoms with E-state index >= 15 is 0 Å². The van der Waals surface area contributed by atoms with Gasteiger partial charge in [-0.05, 0) is 12.8 Å². The summed E-state index contributed by atoms with van der Waals surface area (Å²) in [5.41, 5.74) is 0. The third-order valence-corrected chi connectivity index (χ3v) is 5.24. The molecule has 0 aromatic carbocycles. The van der Waals surface area contributed by atoms with Gasteiger partial charge in [0.05, 0.1) is 19.3 Å². The predicted molar refractivity (Wildman–Crippen MR) is 67.3 cm³/mol. The van der Waals surface area contributed by atoms with Gasteiger partial charge in [-0.3, -0.25) is 0 Å². The lowest BCUT2D eigenvalue weighted by atomic mass is 10.1. The van der Waals surface area contributed by atoms with Gasteiger partial charge in [-0.25, -0.2) is 0 Å². The van der Waals surface area contributed by atoms with Crippen LogP contribution in [0.15, 0.2) is 0 Å². The minimum atomic E-state index is -3.49. The van der Waals surface area contributed by atoms with Crippen molar-refractivity contribution in [1.82, 2.24) is 9.03 Å². The Morgan fingerprint density at radius 2 is 1.78 bits per heavy atom. The van der Waals surface area contributed by atoms with E-state index in [1.807, 2.05) is 0 Å². The summed E-state index contributed by atoms with van der Waals surface area (Å²) in [5.74, 6) is 0. The van der Waals surface area contributed by atoms with Gasteiger partial charge in [-0.15, -0.1) is 0 Å². The number of rotatable bonds is 3. The Morgan fingerprint density at radius 3 is 2.50 bits per heavy atom. The molecular weight excluding hydrogens is 256 g/mol. The fourth-order valence-electron chi connectivity index (χ4n) is 2.48.